The number of sulfonamides is 1. The van der Waals surface area contributed by atoms with Gasteiger partial charge in [0.25, 0.3) is 10.0 Å². The van der Waals surface area contributed by atoms with E-state index in [1.807, 2.05) is 20.8 Å². The molecule has 220 valence electrons. The molecule has 1 atom stereocenters. The van der Waals surface area contributed by atoms with Crippen LogP contribution in [0.1, 0.15) is 33.3 Å². The number of halogens is 2. The van der Waals surface area contributed by atoms with Crippen molar-refractivity contribution in [2.24, 2.45) is 5.92 Å². The first kappa shape index (κ1) is 32.2. The molecule has 0 fully saturated rings. The van der Waals surface area contributed by atoms with Crippen molar-refractivity contribution in [2.75, 3.05) is 24.0 Å². The van der Waals surface area contributed by atoms with Crippen LogP contribution >= 0.6 is 23.2 Å². The summed E-state index contributed by atoms with van der Waals surface area (Å²) in [4.78, 5) is 28.4. The Morgan fingerprint density at radius 3 is 2.17 bits per heavy atom. The zero-order chi connectivity index (χ0) is 30.2. The van der Waals surface area contributed by atoms with Gasteiger partial charge in [0, 0.05) is 13.1 Å². The molecule has 41 heavy (non-hydrogen) atoms. The molecule has 8 nitrogen and oxygen atoms in total. The molecule has 3 aromatic rings. The van der Waals surface area contributed by atoms with Gasteiger partial charge in [0.2, 0.25) is 11.8 Å². The first-order chi connectivity index (χ1) is 19.4. The van der Waals surface area contributed by atoms with Gasteiger partial charge in [-0.15, -0.1) is 0 Å². The highest BCUT2D eigenvalue weighted by Gasteiger charge is 2.32. The monoisotopic (exact) mass is 619 g/mol. The van der Waals surface area contributed by atoms with Crippen LogP contribution in [0.4, 0.5) is 5.69 Å². The van der Waals surface area contributed by atoms with Gasteiger partial charge in [0.15, 0.2) is 0 Å². The summed E-state index contributed by atoms with van der Waals surface area (Å²) in [5.41, 5.74) is 0.943. The number of rotatable bonds is 13. The Bertz CT molecular complexity index is 1430. The summed E-state index contributed by atoms with van der Waals surface area (Å²) in [5, 5.41) is 3.51. The Balaban J connectivity index is 1.99. The summed E-state index contributed by atoms with van der Waals surface area (Å²) in [6, 6.07) is 18.4. The van der Waals surface area contributed by atoms with Gasteiger partial charge < -0.3 is 15.0 Å². The molecule has 0 aliphatic heterocycles. The Kier molecular flexibility index (Phi) is 11.5. The number of para-hydroxylation sites is 1. The van der Waals surface area contributed by atoms with Crippen molar-refractivity contribution < 1.29 is 22.7 Å². The number of carbonyl (C=O) groups excluding carboxylic acids is 2. The Morgan fingerprint density at radius 1 is 0.927 bits per heavy atom. The van der Waals surface area contributed by atoms with Crippen LogP contribution in [0.25, 0.3) is 0 Å². The average molecular weight is 621 g/mol. The van der Waals surface area contributed by atoms with Crippen molar-refractivity contribution in [1.82, 2.24) is 10.2 Å². The van der Waals surface area contributed by atoms with Crippen molar-refractivity contribution >= 4 is 50.7 Å². The number of hydrogen-bond acceptors (Lipinski definition) is 5. The second kappa shape index (κ2) is 14.6. The van der Waals surface area contributed by atoms with Crippen molar-refractivity contribution in [3.63, 3.8) is 0 Å². The van der Waals surface area contributed by atoms with Crippen LogP contribution in [-0.4, -0.2) is 50.9 Å². The second-order valence-electron chi connectivity index (χ2n) is 9.84. The van der Waals surface area contributed by atoms with Gasteiger partial charge in [-0.25, -0.2) is 8.42 Å². The third kappa shape index (κ3) is 8.61. The van der Waals surface area contributed by atoms with E-state index in [-0.39, 0.29) is 23.3 Å². The highest BCUT2D eigenvalue weighted by Crippen LogP contribution is 2.27. The molecule has 2 amide bonds. The Labute approximate surface area is 252 Å². The predicted octanol–water partition coefficient (Wildman–Crippen LogP) is 5.78. The fourth-order valence-electron chi connectivity index (χ4n) is 3.99. The van der Waals surface area contributed by atoms with E-state index in [4.69, 9.17) is 27.9 Å². The minimum absolute atomic E-state index is 0.00337. The van der Waals surface area contributed by atoms with E-state index in [1.54, 1.807) is 67.6 Å². The van der Waals surface area contributed by atoms with Crippen LogP contribution in [0.15, 0.2) is 77.7 Å². The fraction of sp³-hybridized carbons (Fsp3) is 0.333. The molecule has 0 aromatic heterocycles. The van der Waals surface area contributed by atoms with E-state index in [1.165, 1.54) is 17.0 Å². The highest BCUT2D eigenvalue weighted by molar-refractivity contribution is 7.92. The lowest BCUT2D eigenvalue weighted by Gasteiger charge is -2.32. The van der Waals surface area contributed by atoms with E-state index < -0.39 is 28.5 Å². The van der Waals surface area contributed by atoms with Gasteiger partial charge in [-0.1, -0.05) is 61.3 Å². The van der Waals surface area contributed by atoms with Crippen LogP contribution in [-0.2, 0) is 26.2 Å². The lowest BCUT2D eigenvalue weighted by molar-refractivity contribution is -0.139. The van der Waals surface area contributed by atoms with Crippen molar-refractivity contribution in [2.45, 2.75) is 45.2 Å². The van der Waals surface area contributed by atoms with E-state index in [2.05, 4.69) is 5.32 Å². The molecule has 0 saturated carbocycles. The van der Waals surface area contributed by atoms with Crippen LogP contribution < -0.4 is 14.4 Å². The molecule has 0 radical (unpaired) electrons. The summed E-state index contributed by atoms with van der Waals surface area (Å²) in [6.45, 7) is 7.72. The molecular formula is C30H35Cl2N3O5S. The number of ether oxygens (including phenoxy) is 1. The number of amides is 2. The first-order valence-electron chi connectivity index (χ1n) is 13.3. The van der Waals surface area contributed by atoms with E-state index in [0.29, 0.717) is 40.2 Å². The quantitative estimate of drug-likeness (QED) is 0.262. The number of benzene rings is 3. The maximum atomic E-state index is 13.9. The normalized spacial score (nSPS) is 12.1. The van der Waals surface area contributed by atoms with Crippen LogP contribution in [0.5, 0.6) is 5.75 Å². The number of hydrogen-bond donors (Lipinski definition) is 1. The predicted molar refractivity (Wildman–Crippen MR) is 163 cm³/mol. The van der Waals surface area contributed by atoms with Gasteiger partial charge >= 0.3 is 0 Å². The maximum absolute atomic E-state index is 13.9. The summed E-state index contributed by atoms with van der Waals surface area (Å²) in [6.07, 6.45) is 0. The van der Waals surface area contributed by atoms with Crippen molar-refractivity contribution in [1.29, 1.82) is 0 Å². The molecule has 0 aliphatic carbocycles. The molecule has 0 aliphatic rings. The summed E-state index contributed by atoms with van der Waals surface area (Å²) in [7, 11) is -4.18. The fourth-order valence-corrected chi connectivity index (χ4v) is 5.73. The lowest BCUT2D eigenvalue weighted by Crippen LogP contribution is -2.51. The third-order valence-electron chi connectivity index (χ3n) is 6.23. The Hall–Kier alpha value is -3.27. The lowest BCUT2D eigenvalue weighted by atomic mass is 10.1. The molecule has 3 aromatic carbocycles. The summed E-state index contributed by atoms with van der Waals surface area (Å²) >= 11 is 12.3. The van der Waals surface area contributed by atoms with Crippen LogP contribution in [0, 0.1) is 5.92 Å². The average Bonchev–Trinajstić information content (AvgIpc) is 2.95. The smallest absolute Gasteiger partial charge is 0.264 e. The number of carbonyl (C=O) groups is 2. The number of nitrogens with zero attached hydrogens (tertiary/aromatic N) is 2. The number of nitrogens with one attached hydrogen (secondary N) is 1. The molecule has 0 unspecified atom stereocenters. The standard InChI is InChI=1S/C30H35Cl2N3O5S/c1-5-40-25-12-14-26(15-13-25)41(38,39)35(24-9-7-6-8-10-24)20-29(36)34(22(4)30(37)33-18-21(2)3)19-23-11-16-27(31)28(32)17-23/h6-17,21-22H,5,18-20H2,1-4H3,(H,33,37)/t22-/m1/s1. The molecule has 0 bridgehead atoms. The van der Waals surface area contributed by atoms with E-state index >= 15 is 0 Å². The van der Waals surface area contributed by atoms with Gasteiger partial charge in [-0.2, -0.15) is 0 Å². The minimum Gasteiger partial charge on any atom is -0.494 e. The van der Waals surface area contributed by atoms with Crippen LogP contribution in [0.3, 0.4) is 0 Å². The Morgan fingerprint density at radius 2 is 1.59 bits per heavy atom. The van der Waals surface area contributed by atoms with Gasteiger partial charge in [0.1, 0.15) is 18.3 Å². The van der Waals surface area contributed by atoms with Crippen LogP contribution in [0.2, 0.25) is 10.0 Å². The SMILES string of the molecule is CCOc1ccc(S(=O)(=O)N(CC(=O)N(Cc2ccc(Cl)c(Cl)c2)[C@H](C)C(=O)NCC(C)C)c2ccccc2)cc1. The molecule has 11 heteroatoms. The molecule has 0 saturated heterocycles. The highest BCUT2D eigenvalue weighted by atomic mass is 35.5. The van der Waals surface area contributed by atoms with E-state index in [9.17, 15) is 18.0 Å². The second-order valence-corrected chi connectivity index (χ2v) is 12.5. The number of anilines is 1. The molecule has 0 heterocycles. The molecular weight excluding hydrogens is 585 g/mol. The van der Waals surface area contributed by atoms with Gasteiger partial charge in [-0.05, 0) is 73.9 Å². The third-order valence-corrected chi connectivity index (χ3v) is 8.76. The minimum atomic E-state index is -4.18. The maximum Gasteiger partial charge on any atom is 0.264 e. The molecule has 0 spiro atoms. The van der Waals surface area contributed by atoms with Gasteiger partial charge in [0.05, 0.1) is 27.2 Å². The zero-order valence-corrected chi connectivity index (χ0v) is 25.8. The zero-order valence-electron chi connectivity index (χ0n) is 23.5. The van der Waals surface area contributed by atoms with E-state index in [0.717, 1.165) is 4.31 Å². The largest absolute Gasteiger partial charge is 0.494 e. The van der Waals surface area contributed by atoms with Crippen molar-refractivity contribution in [3.8, 4) is 5.75 Å². The topological polar surface area (TPSA) is 96.0 Å². The summed E-state index contributed by atoms with van der Waals surface area (Å²) < 4.78 is 34.3. The summed E-state index contributed by atoms with van der Waals surface area (Å²) in [5.74, 6) is -0.185. The van der Waals surface area contributed by atoms with Gasteiger partial charge in [-0.3, -0.25) is 13.9 Å². The first-order valence-corrected chi connectivity index (χ1v) is 15.4. The molecule has 3 rings (SSSR count). The molecule has 1 N–H and O–H groups in total. The van der Waals surface area contributed by atoms with Crippen molar-refractivity contribution in [3.05, 3.63) is 88.4 Å².